The molecule has 3 aromatic rings. The largest absolute Gasteiger partial charge is 0.444 e. The van der Waals surface area contributed by atoms with E-state index in [0.29, 0.717) is 12.5 Å². The van der Waals surface area contributed by atoms with Crippen LogP contribution in [0.25, 0.3) is 16.9 Å². The third-order valence-electron chi connectivity index (χ3n) is 5.09. The molecule has 1 fully saturated rings. The molecule has 0 aliphatic carbocycles. The van der Waals surface area contributed by atoms with Gasteiger partial charge in [-0.25, -0.2) is 19.3 Å². The van der Waals surface area contributed by atoms with E-state index in [0.717, 1.165) is 48.7 Å². The van der Waals surface area contributed by atoms with E-state index in [9.17, 15) is 4.79 Å². The zero-order valence-corrected chi connectivity index (χ0v) is 17.9. The molecule has 0 unspecified atom stereocenters. The molecule has 0 bridgehead atoms. The molecule has 4 rings (SSSR count). The summed E-state index contributed by atoms with van der Waals surface area (Å²) in [6, 6.07) is 0. The Labute approximate surface area is 175 Å². The Morgan fingerprint density at radius 3 is 2.67 bits per heavy atom. The lowest BCUT2D eigenvalue weighted by molar-refractivity contribution is 0.0517. The summed E-state index contributed by atoms with van der Waals surface area (Å²) in [5.74, 6) is 1.23. The summed E-state index contributed by atoms with van der Waals surface area (Å²) in [4.78, 5) is 23.4. The molecule has 3 aromatic heterocycles. The number of rotatable bonds is 4. The zero-order valence-electron chi connectivity index (χ0n) is 17.9. The predicted octanol–water partition coefficient (Wildman–Crippen LogP) is 2.27. The second kappa shape index (κ2) is 7.92. The molecule has 30 heavy (non-hydrogen) atoms. The number of carbonyl (C=O) groups is 1. The normalized spacial score (nSPS) is 15.5. The van der Waals surface area contributed by atoms with Crippen molar-refractivity contribution >= 4 is 17.6 Å². The first-order chi connectivity index (χ1) is 14.3. The summed E-state index contributed by atoms with van der Waals surface area (Å²) in [7, 11) is 1.88. The number of hydrogen-bond acceptors (Lipinski definition) is 7. The highest BCUT2D eigenvalue weighted by molar-refractivity contribution is 5.69. The van der Waals surface area contributed by atoms with Gasteiger partial charge in [0, 0.05) is 38.4 Å². The number of nitrogens with one attached hydrogen (secondary N) is 1. The Bertz CT molecular complexity index is 1030. The minimum Gasteiger partial charge on any atom is -0.444 e. The first-order valence-electron chi connectivity index (χ1n) is 10.2. The number of fused-ring (bicyclic) bond motifs is 1. The Hall–Kier alpha value is -3.17. The van der Waals surface area contributed by atoms with Gasteiger partial charge in [-0.1, -0.05) is 0 Å². The molecule has 0 spiro atoms. The van der Waals surface area contributed by atoms with Crippen LogP contribution in [0.2, 0.25) is 0 Å². The molecule has 10 nitrogen and oxygen atoms in total. The van der Waals surface area contributed by atoms with Crippen molar-refractivity contribution in [3.8, 4) is 11.3 Å². The summed E-state index contributed by atoms with van der Waals surface area (Å²) in [6.07, 6.45) is 8.70. The van der Waals surface area contributed by atoms with Crippen LogP contribution in [-0.4, -0.2) is 60.7 Å². The molecular weight excluding hydrogens is 384 g/mol. The van der Waals surface area contributed by atoms with E-state index in [2.05, 4.69) is 25.4 Å². The molecule has 1 saturated heterocycles. The number of alkyl carbamates (subject to hydrolysis) is 1. The van der Waals surface area contributed by atoms with Gasteiger partial charge in [-0.3, -0.25) is 4.68 Å². The fourth-order valence-electron chi connectivity index (χ4n) is 3.61. The van der Waals surface area contributed by atoms with Crippen LogP contribution in [0.3, 0.4) is 0 Å². The number of anilines is 1. The molecule has 1 N–H and O–H groups in total. The van der Waals surface area contributed by atoms with Gasteiger partial charge in [0.1, 0.15) is 11.9 Å². The van der Waals surface area contributed by atoms with Crippen LogP contribution in [0, 0.1) is 5.92 Å². The van der Waals surface area contributed by atoms with Gasteiger partial charge < -0.3 is 15.0 Å². The fourth-order valence-corrected chi connectivity index (χ4v) is 3.61. The summed E-state index contributed by atoms with van der Waals surface area (Å²) in [5.41, 5.74) is 2.01. The Morgan fingerprint density at radius 1 is 1.23 bits per heavy atom. The smallest absolute Gasteiger partial charge is 0.407 e. The Morgan fingerprint density at radius 2 is 2.00 bits per heavy atom. The summed E-state index contributed by atoms with van der Waals surface area (Å²) in [5, 5.41) is 11.4. The van der Waals surface area contributed by atoms with E-state index >= 15 is 0 Å². The minimum atomic E-state index is -0.484. The highest BCUT2D eigenvalue weighted by Gasteiger charge is 2.24. The number of piperidine rings is 1. The maximum absolute atomic E-state index is 11.9. The van der Waals surface area contributed by atoms with E-state index in [1.165, 1.54) is 0 Å². The van der Waals surface area contributed by atoms with Crippen molar-refractivity contribution in [1.29, 1.82) is 0 Å². The molecule has 1 aliphatic heterocycles. The van der Waals surface area contributed by atoms with Crippen molar-refractivity contribution in [1.82, 2.24) is 34.7 Å². The molecule has 4 heterocycles. The Balaban J connectivity index is 1.43. The van der Waals surface area contributed by atoms with Crippen LogP contribution in [0.15, 0.2) is 24.9 Å². The number of carbonyl (C=O) groups excluding carboxylic acids is 1. The molecule has 160 valence electrons. The average molecular weight is 412 g/mol. The van der Waals surface area contributed by atoms with E-state index in [4.69, 9.17) is 9.72 Å². The number of ether oxygens (including phenoxy) is 1. The topological polar surface area (TPSA) is 102 Å². The van der Waals surface area contributed by atoms with E-state index in [1.54, 1.807) is 21.7 Å². The maximum Gasteiger partial charge on any atom is 0.407 e. The van der Waals surface area contributed by atoms with Gasteiger partial charge in [0.05, 0.1) is 18.1 Å². The van der Waals surface area contributed by atoms with Gasteiger partial charge in [0.15, 0.2) is 11.5 Å². The molecule has 0 atom stereocenters. The van der Waals surface area contributed by atoms with Crippen LogP contribution >= 0.6 is 0 Å². The number of nitrogens with zero attached hydrogens (tertiary/aromatic N) is 7. The molecular formula is C20H28N8O2. The van der Waals surface area contributed by atoms with Gasteiger partial charge in [-0.15, -0.1) is 0 Å². The molecule has 0 radical (unpaired) electrons. The van der Waals surface area contributed by atoms with Gasteiger partial charge in [0.2, 0.25) is 0 Å². The molecule has 1 aliphatic rings. The summed E-state index contributed by atoms with van der Waals surface area (Å²) in [6.45, 7) is 7.89. The fraction of sp³-hybridized carbons (Fsp3) is 0.550. The second-order valence-electron chi connectivity index (χ2n) is 8.69. The summed E-state index contributed by atoms with van der Waals surface area (Å²) >= 11 is 0. The zero-order chi connectivity index (χ0) is 21.3. The van der Waals surface area contributed by atoms with Gasteiger partial charge in [-0.2, -0.15) is 10.2 Å². The molecule has 1 amide bonds. The first kappa shape index (κ1) is 20.1. The average Bonchev–Trinajstić information content (AvgIpc) is 3.33. The number of amides is 1. The van der Waals surface area contributed by atoms with Crippen LogP contribution in [0.1, 0.15) is 33.6 Å². The second-order valence-corrected chi connectivity index (χ2v) is 8.69. The lowest BCUT2D eigenvalue weighted by Crippen LogP contribution is -2.40. The minimum absolute atomic E-state index is 0.360. The highest BCUT2D eigenvalue weighted by atomic mass is 16.6. The van der Waals surface area contributed by atoms with E-state index in [1.807, 2.05) is 40.2 Å². The molecule has 0 saturated carbocycles. The Kier molecular flexibility index (Phi) is 5.31. The molecule has 10 heteroatoms. The van der Waals surface area contributed by atoms with Crippen molar-refractivity contribution in [2.45, 2.75) is 39.2 Å². The standard InChI is InChI=1S/C20H28N8O2/c1-20(2,3)30-19(29)21-9-14-5-7-27(8-6-14)18-17-22-13-24-28(17)12-16(25-18)15-10-23-26(4)11-15/h10-14H,5-9H2,1-4H3,(H,21,29). The van der Waals surface area contributed by atoms with Crippen molar-refractivity contribution in [2.24, 2.45) is 13.0 Å². The van der Waals surface area contributed by atoms with Crippen LogP contribution in [-0.2, 0) is 11.8 Å². The van der Waals surface area contributed by atoms with E-state index in [-0.39, 0.29) is 6.09 Å². The van der Waals surface area contributed by atoms with Crippen molar-refractivity contribution < 1.29 is 9.53 Å². The lowest BCUT2D eigenvalue weighted by Gasteiger charge is -2.33. The van der Waals surface area contributed by atoms with Crippen LogP contribution in [0.4, 0.5) is 10.6 Å². The van der Waals surface area contributed by atoms with Crippen LogP contribution in [0.5, 0.6) is 0 Å². The highest BCUT2D eigenvalue weighted by Crippen LogP contribution is 2.27. The number of aromatic nitrogens is 6. The van der Waals surface area contributed by atoms with Crippen molar-refractivity contribution in [3.63, 3.8) is 0 Å². The third-order valence-corrected chi connectivity index (χ3v) is 5.09. The maximum atomic E-state index is 11.9. The van der Waals surface area contributed by atoms with Gasteiger partial charge in [-0.05, 0) is 39.5 Å². The quantitative estimate of drug-likeness (QED) is 0.701. The lowest BCUT2D eigenvalue weighted by atomic mass is 9.97. The SMILES string of the molecule is Cn1cc(-c2cn3ncnc3c(N3CCC(CNC(=O)OC(C)(C)C)CC3)n2)cn1. The number of aryl methyl sites for hydroxylation is 1. The first-order valence-corrected chi connectivity index (χ1v) is 10.2. The van der Waals surface area contributed by atoms with Crippen molar-refractivity contribution in [2.75, 3.05) is 24.5 Å². The third kappa shape index (κ3) is 4.52. The monoisotopic (exact) mass is 412 g/mol. The van der Waals surface area contributed by atoms with Crippen LogP contribution < -0.4 is 10.2 Å². The van der Waals surface area contributed by atoms with Crippen molar-refractivity contribution in [3.05, 3.63) is 24.9 Å². The predicted molar refractivity (Wildman–Crippen MR) is 112 cm³/mol. The van der Waals surface area contributed by atoms with E-state index < -0.39 is 5.60 Å². The van der Waals surface area contributed by atoms with Gasteiger partial charge in [0.25, 0.3) is 0 Å². The number of hydrogen-bond donors (Lipinski definition) is 1. The van der Waals surface area contributed by atoms with Gasteiger partial charge >= 0.3 is 6.09 Å². The summed E-state index contributed by atoms with van der Waals surface area (Å²) < 4.78 is 8.84. The molecule has 0 aromatic carbocycles.